The number of nitrogens with two attached hydrogens (primary N) is 3. The Balaban J connectivity index is 0.000000324. The third kappa shape index (κ3) is 37.8. The van der Waals surface area contributed by atoms with Crippen LogP contribution in [0.15, 0.2) is 367 Å². The van der Waals surface area contributed by atoms with E-state index in [1.165, 1.54) is 84.8 Å². The Morgan fingerprint density at radius 3 is 1.14 bits per heavy atom. The van der Waals surface area contributed by atoms with Crippen LogP contribution in [0.4, 0.5) is 51.2 Å². The van der Waals surface area contributed by atoms with E-state index < -0.39 is 5.97 Å². The normalized spacial score (nSPS) is 15.2. The van der Waals surface area contributed by atoms with Crippen molar-refractivity contribution in [3.63, 3.8) is 0 Å². The number of rotatable bonds is 38. The fraction of sp³-hybridized carbons (Fsp3) is 0.355. The minimum Gasteiger partial charge on any atom is -0.481 e. The molecule has 0 saturated carbocycles. The van der Waals surface area contributed by atoms with Gasteiger partial charge in [-0.15, -0.1) is 0 Å². The van der Waals surface area contributed by atoms with Crippen LogP contribution in [0.3, 0.4) is 0 Å². The van der Waals surface area contributed by atoms with Gasteiger partial charge in [0.2, 0.25) is 23.0 Å². The molecule has 25 nitrogen and oxygen atoms in total. The van der Waals surface area contributed by atoms with Gasteiger partial charge in [0, 0.05) is 225 Å². The maximum absolute atomic E-state index is 12.0. The van der Waals surface area contributed by atoms with Gasteiger partial charge in [-0.1, -0.05) is 288 Å². The molecule has 5 aliphatic rings. The number of methoxy groups -OCH3 is 4. The number of nitrogens with zero attached hydrogens (tertiary/aromatic N) is 12. The summed E-state index contributed by atoms with van der Waals surface area (Å²) in [6, 6.07) is 82.7. The highest BCUT2D eigenvalue weighted by molar-refractivity contribution is 9.09. The predicted octanol–water partition coefficient (Wildman–Crippen LogP) is 27.2. The van der Waals surface area contributed by atoms with Crippen LogP contribution < -0.4 is 43.0 Å². The van der Waals surface area contributed by atoms with Gasteiger partial charge in [-0.25, -0.2) is 0 Å². The van der Waals surface area contributed by atoms with Gasteiger partial charge in [0.1, 0.15) is 21.1 Å². The molecule has 9 aromatic carbocycles. The summed E-state index contributed by atoms with van der Waals surface area (Å²) in [5, 5.41) is 25.7. The predicted molar refractivity (Wildman–Crippen MR) is 622 cm³/mol. The molecule has 0 aromatic heterocycles. The first-order valence-electron chi connectivity index (χ1n) is 49.5. The zero-order chi connectivity index (χ0) is 105. The number of aliphatic carboxylic acids is 1. The van der Waals surface area contributed by atoms with Crippen molar-refractivity contribution in [2.75, 3.05) is 127 Å². The van der Waals surface area contributed by atoms with Gasteiger partial charge in [0.05, 0.1) is 21.9 Å². The van der Waals surface area contributed by atoms with Crippen molar-refractivity contribution in [2.45, 2.75) is 182 Å². The number of nitrogen functional groups attached to an aromatic ring is 1. The molecule has 0 fully saturated rings. The summed E-state index contributed by atoms with van der Waals surface area (Å²) < 4.78 is 26.7. The van der Waals surface area contributed by atoms with E-state index in [0.717, 1.165) is 86.2 Å². The highest BCUT2D eigenvalue weighted by Crippen LogP contribution is 2.50. The van der Waals surface area contributed by atoms with Crippen LogP contribution >= 0.6 is 15.9 Å². The topological polar surface area (TPSA) is 331 Å². The van der Waals surface area contributed by atoms with Gasteiger partial charge in [0.25, 0.3) is 0 Å². The van der Waals surface area contributed by atoms with Gasteiger partial charge in [-0.05, 0) is 181 Å². The van der Waals surface area contributed by atoms with Crippen molar-refractivity contribution in [3.05, 3.63) is 400 Å². The number of benzene rings is 9. The zero-order valence-corrected chi connectivity index (χ0v) is 89.5. The molecular formula is C121H162BrN18O7+3. The van der Waals surface area contributed by atoms with Crippen molar-refractivity contribution in [1.29, 1.82) is 0 Å². The molecule has 9 aromatic rings. The SMILES string of the molecule is C.C.C(/C=C/Nc1ccccc1)=Nc1ccccc1.COC(CC(OC)OC)OC.C[N+]1=C(/C=C/C=C/C=C2/N(CCCCCC(=O)NCCN=[N+]=[N-])c3ccccc3C2(C)C)C(C)(C)c2ccccc21.C[N+]1=C(/C=C/C=C/C=C2/N(CCCCCC(=O)O)c3ccccc3C2(C)C)C(C)(C)c2ccccc21.C[N+]1=C(/C=C/C=C/Nc2ccccc2)C(C)(C)c2ccccc21.NCCBr.Nc1ccccc1.[N-]=[N+]=NCCN. The van der Waals surface area contributed by atoms with Crippen LogP contribution in [0.2, 0.25) is 0 Å². The minimum absolute atomic E-state index is 0. The van der Waals surface area contributed by atoms with Crippen molar-refractivity contribution in [2.24, 2.45) is 26.7 Å². The molecule has 782 valence electrons. The lowest BCUT2D eigenvalue weighted by molar-refractivity contribution is -0.401. The number of allylic oxidation sites excluding steroid dienone is 16. The third-order valence-electron chi connectivity index (χ3n) is 25.3. The van der Waals surface area contributed by atoms with E-state index in [1.807, 2.05) is 146 Å². The minimum atomic E-state index is -0.712. The second kappa shape index (κ2) is 65.6. The van der Waals surface area contributed by atoms with E-state index in [-0.39, 0.29) is 73.4 Å². The number of para-hydroxylation sites is 9. The summed E-state index contributed by atoms with van der Waals surface area (Å²) in [4.78, 5) is 37.2. The van der Waals surface area contributed by atoms with Crippen molar-refractivity contribution in [3.8, 4) is 0 Å². The van der Waals surface area contributed by atoms with Crippen LogP contribution in [0.25, 0.3) is 20.9 Å². The van der Waals surface area contributed by atoms with Crippen LogP contribution in [0.5, 0.6) is 0 Å². The molecule has 5 heterocycles. The number of carbonyl (C=O) groups excluding carboxylic acids is 1. The summed E-state index contributed by atoms with van der Waals surface area (Å²) in [7, 11) is 12.7. The summed E-state index contributed by atoms with van der Waals surface area (Å²) >= 11 is 3.12. The number of unbranched alkanes of at least 4 members (excludes halogenated alkanes) is 4. The maximum atomic E-state index is 12.0. The first-order valence-corrected chi connectivity index (χ1v) is 50.6. The fourth-order valence-electron chi connectivity index (χ4n) is 17.8. The smallest absolute Gasteiger partial charge is 0.303 e. The molecule has 147 heavy (non-hydrogen) atoms. The summed E-state index contributed by atoms with van der Waals surface area (Å²) in [5.74, 6) is -0.700. The van der Waals surface area contributed by atoms with Gasteiger partial charge in [-0.2, -0.15) is 13.7 Å². The molecule has 0 atom stereocenters. The Labute approximate surface area is 884 Å². The number of halogens is 1. The first-order chi connectivity index (χ1) is 69.9. The lowest BCUT2D eigenvalue weighted by atomic mass is 9.81. The molecule has 0 radical (unpaired) electrons. The van der Waals surface area contributed by atoms with E-state index >= 15 is 0 Å². The molecule has 0 unspecified atom stereocenters. The monoisotopic (exact) mass is 2060 g/mol. The summed E-state index contributed by atoms with van der Waals surface area (Å²) in [6.45, 7) is 26.9. The Morgan fingerprint density at radius 1 is 0.435 bits per heavy atom. The molecule has 5 aliphatic heterocycles. The van der Waals surface area contributed by atoms with Gasteiger partial charge >= 0.3 is 5.97 Å². The van der Waals surface area contributed by atoms with E-state index in [1.54, 1.807) is 34.7 Å². The number of ether oxygens (including phenoxy) is 4. The standard InChI is InChI=1S/C34H42N6O.C32H38N2O2.C21H22N2.C15H14N2.C7H16O4.C6H7N.C2H6BrN.C2H6N4.2CH4/c1-33(2)26-16-11-13-18-28(26)39(5)30(33)20-8-6-9-21-31-34(3,4)27-17-12-14-19-29(27)40(31)25-15-7-10-22-32(41)36-23-24-37-38-35;1-31(2)24-16-11-13-18-26(24)33(5)28(31)20-8-6-9-21-29-32(3,4)25-17-12-14-19-27(25)34(29)23-15-7-10-22-30(35)36;1-21(2)18-13-7-8-14-19(18)23(3)20(21)15-9-10-16-22-17-11-5-4-6-12-17;1-3-8-14(9-4-1)16-12-7-13-17-15-10-5-2-6-11-15;1-8-6(9-2)5-7(10-3)11-4;7-6-4-2-1-3-5-6;3-1-2-4;3-1-2-5-6-4;;/h6,8-9,11-14,16-21H,7,10,15,22-25H2,1-5H3;6,8-9,11-14,16-21H,7,10,15,22-23H2,1-5H3;4-16H,1-3H3;1-13,16H;6-7H,5H2,1-4H3;1-5H,7H2;1-2,4H2;1-3H2;2*1H4/p+3/b;;;12-7+,17-13?;;;;;;. The molecule has 1 amide bonds. The zero-order valence-electron chi connectivity index (χ0n) is 88.0. The number of carboxylic acids is 1. The van der Waals surface area contributed by atoms with Crippen LogP contribution in [-0.4, -0.2) is 167 Å². The first kappa shape index (κ1) is 124. The van der Waals surface area contributed by atoms with E-state index in [4.69, 9.17) is 52.3 Å². The summed E-state index contributed by atoms with van der Waals surface area (Å²) in [5.41, 5.74) is 54.6. The van der Waals surface area contributed by atoms with Gasteiger partial charge in [-0.3, -0.25) is 14.6 Å². The molecule has 0 aliphatic carbocycles. The molecular weight excluding hydrogens is 1900 g/mol. The quantitative estimate of drug-likeness (QED) is 0.00181. The fourth-order valence-corrected chi connectivity index (χ4v) is 17.8. The molecule has 10 N–H and O–H groups in total. The number of azide groups is 2. The number of hydrogen-bond donors (Lipinski definition) is 7. The highest BCUT2D eigenvalue weighted by Gasteiger charge is 2.46. The van der Waals surface area contributed by atoms with Crippen LogP contribution in [-0.2, 0) is 55.6 Å². The average Bonchev–Trinajstić information content (AvgIpc) is 1.62. The third-order valence-corrected chi connectivity index (χ3v) is 25.8. The van der Waals surface area contributed by atoms with Crippen molar-refractivity contribution < 1.29 is 47.4 Å². The number of fused-ring (bicyclic) bond motifs is 5. The van der Waals surface area contributed by atoms with Gasteiger partial charge in [0.15, 0.2) is 29.7 Å². The second-order valence-electron chi connectivity index (χ2n) is 37.1. The lowest BCUT2D eigenvalue weighted by Crippen LogP contribution is -2.27. The van der Waals surface area contributed by atoms with Crippen LogP contribution in [0.1, 0.15) is 170 Å². The number of aliphatic imine (C=N–C) groups is 1. The number of amides is 1. The highest BCUT2D eigenvalue weighted by atomic mass is 79.9. The van der Waals surface area contributed by atoms with Gasteiger partial charge < -0.3 is 67.0 Å². The van der Waals surface area contributed by atoms with Crippen molar-refractivity contribution in [1.82, 2.24) is 5.32 Å². The maximum Gasteiger partial charge on any atom is 0.303 e. The Morgan fingerprint density at radius 2 is 0.782 bits per heavy atom. The van der Waals surface area contributed by atoms with E-state index in [2.05, 4.69) is 365 Å². The second-order valence-corrected chi connectivity index (χ2v) is 37.9. The Hall–Kier alpha value is -13.9. The summed E-state index contributed by atoms with van der Waals surface area (Å²) in [6.07, 6.45) is 41.8. The molecule has 0 spiro atoms. The average molecular weight is 2060 g/mol. The number of carboxylic acid groups (broad SMARTS) is 1. The molecule has 26 heteroatoms. The number of carbonyl (C=O) groups is 2. The van der Waals surface area contributed by atoms with E-state index in [0.29, 0.717) is 32.5 Å². The molecule has 0 saturated heterocycles. The van der Waals surface area contributed by atoms with E-state index in [9.17, 15) is 9.59 Å². The molecule has 14 rings (SSSR count). The number of hydrogen-bond acceptors (Lipinski definition) is 16. The Kier molecular flexibility index (Phi) is 55.1. The number of anilines is 5. The Bertz CT molecular complexity index is 6040. The van der Waals surface area contributed by atoms with Crippen LogP contribution in [0, 0.1) is 0 Å². The number of alkyl halides is 1. The largest absolute Gasteiger partial charge is 0.481 e. The number of nitrogens with one attached hydrogen (secondary N) is 3. The van der Waals surface area contributed by atoms with Crippen molar-refractivity contribution >= 4 is 102 Å². The lowest BCUT2D eigenvalue weighted by Gasteiger charge is -2.27. The molecule has 0 bridgehead atoms.